The van der Waals surface area contributed by atoms with Gasteiger partial charge in [-0.15, -0.1) is 0 Å². The van der Waals surface area contributed by atoms with Gasteiger partial charge in [-0.1, -0.05) is 237 Å². The van der Waals surface area contributed by atoms with Crippen LogP contribution in [0.2, 0.25) is 0 Å². The second kappa shape index (κ2) is 50.0. The fourth-order valence-corrected chi connectivity index (χ4v) is 8.10. The molecule has 0 heterocycles. The SMILES string of the molecule is CCCCCCCCCCCCCC/C=C/C(O)C(CO)NC(=O)CCCCCC/C=C\CCCCOC(=O)CCCCCCCCCCCCCCCCCCCCC. The number of hydrogen-bond acceptors (Lipinski definition) is 5. The Hall–Kier alpha value is -1.66. The lowest BCUT2D eigenvalue weighted by Crippen LogP contribution is -2.45. The molecular formula is C54H103NO5. The number of unbranched alkanes of at least 4 members (excludes halogenated alkanes) is 36. The molecule has 354 valence electrons. The third kappa shape index (κ3) is 45.9. The van der Waals surface area contributed by atoms with Gasteiger partial charge in [-0.05, 0) is 57.8 Å². The third-order valence-electron chi connectivity index (χ3n) is 12.2. The molecule has 0 aliphatic rings. The van der Waals surface area contributed by atoms with E-state index in [1.165, 1.54) is 180 Å². The number of allylic oxidation sites excluding steroid dienone is 3. The minimum Gasteiger partial charge on any atom is -0.466 e. The predicted octanol–water partition coefficient (Wildman–Crippen LogP) is 15.9. The van der Waals surface area contributed by atoms with Crippen LogP contribution in [-0.4, -0.2) is 47.4 Å². The summed E-state index contributed by atoms with van der Waals surface area (Å²) in [6, 6.07) is -0.652. The zero-order valence-corrected chi connectivity index (χ0v) is 40.2. The molecule has 0 fully saturated rings. The number of aliphatic hydroxyl groups is 2. The number of aliphatic hydroxyl groups excluding tert-OH is 2. The van der Waals surface area contributed by atoms with Crippen molar-refractivity contribution in [1.29, 1.82) is 0 Å². The summed E-state index contributed by atoms with van der Waals surface area (Å²) in [5.41, 5.74) is 0. The number of carbonyl (C=O) groups excluding carboxylic acids is 2. The normalized spacial score (nSPS) is 12.8. The Kier molecular flexibility index (Phi) is 48.6. The minimum atomic E-state index is -0.865. The fourth-order valence-electron chi connectivity index (χ4n) is 8.10. The summed E-state index contributed by atoms with van der Waals surface area (Å²) in [7, 11) is 0. The molecule has 6 heteroatoms. The Labute approximate surface area is 373 Å². The predicted molar refractivity (Wildman–Crippen MR) is 260 cm³/mol. The Bertz CT molecular complexity index is 935. The van der Waals surface area contributed by atoms with Gasteiger partial charge in [0, 0.05) is 12.8 Å². The molecule has 0 aromatic carbocycles. The number of esters is 1. The molecule has 0 radical (unpaired) electrons. The van der Waals surface area contributed by atoms with E-state index in [0.717, 1.165) is 77.0 Å². The third-order valence-corrected chi connectivity index (χ3v) is 12.2. The molecule has 0 aliphatic carbocycles. The maximum Gasteiger partial charge on any atom is 0.305 e. The molecule has 1 amide bonds. The highest BCUT2D eigenvalue weighted by Crippen LogP contribution is 2.16. The standard InChI is InChI=1S/C54H103NO5/c1-3-5-7-9-11-13-15-17-19-20-21-22-23-25-27-32-36-40-44-48-54(59)60-49-45-41-37-33-29-28-31-35-39-43-47-53(58)55-51(50-56)52(57)46-42-38-34-30-26-24-18-16-14-12-10-8-6-4-2/h29,33,42,46,51-52,56-57H,3-28,30-32,34-41,43-45,47-50H2,1-2H3,(H,55,58)/b33-29-,46-42+. The minimum absolute atomic E-state index is 0.0339. The van der Waals surface area contributed by atoms with E-state index in [1.54, 1.807) is 6.08 Å². The molecule has 0 aromatic heterocycles. The van der Waals surface area contributed by atoms with Crippen LogP contribution in [0.15, 0.2) is 24.3 Å². The van der Waals surface area contributed by atoms with Crippen LogP contribution in [-0.2, 0) is 14.3 Å². The number of hydrogen-bond donors (Lipinski definition) is 3. The summed E-state index contributed by atoms with van der Waals surface area (Å²) in [6.07, 6.45) is 59.0. The Morgan fingerprint density at radius 1 is 0.450 bits per heavy atom. The van der Waals surface area contributed by atoms with Crippen molar-refractivity contribution in [3.63, 3.8) is 0 Å². The summed E-state index contributed by atoms with van der Waals surface area (Å²) < 4.78 is 5.45. The Morgan fingerprint density at radius 2 is 0.783 bits per heavy atom. The van der Waals surface area contributed by atoms with Crippen LogP contribution >= 0.6 is 0 Å². The molecule has 0 aliphatic heterocycles. The van der Waals surface area contributed by atoms with Gasteiger partial charge in [-0.2, -0.15) is 0 Å². The van der Waals surface area contributed by atoms with Gasteiger partial charge in [0.25, 0.3) is 0 Å². The number of ether oxygens (including phenoxy) is 1. The molecule has 3 N–H and O–H groups in total. The zero-order valence-electron chi connectivity index (χ0n) is 40.2. The van der Waals surface area contributed by atoms with Gasteiger partial charge in [-0.3, -0.25) is 9.59 Å². The van der Waals surface area contributed by atoms with E-state index in [1.807, 2.05) is 6.08 Å². The largest absolute Gasteiger partial charge is 0.466 e. The van der Waals surface area contributed by atoms with Gasteiger partial charge < -0.3 is 20.3 Å². The second-order valence-electron chi connectivity index (χ2n) is 18.2. The van der Waals surface area contributed by atoms with Crippen LogP contribution in [0.5, 0.6) is 0 Å². The van der Waals surface area contributed by atoms with Crippen LogP contribution in [0.1, 0.15) is 284 Å². The lowest BCUT2D eigenvalue weighted by molar-refractivity contribution is -0.143. The average molecular weight is 846 g/mol. The maximum absolute atomic E-state index is 12.4. The highest BCUT2D eigenvalue weighted by atomic mass is 16.5. The van der Waals surface area contributed by atoms with E-state index < -0.39 is 12.1 Å². The van der Waals surface area contributed by atoms with Gasteiger partial charge in [0.1, 0.15) is 0 Å². The van der Waals surface area contributed by atoms with Gasteiger partial charge >= 0.3 is 5.97 Å². The monoisotopic (exact) mass is 846 g/mol. The molecule has 0 spiro atoms. The van der Waals surface area contributed by atoms with E-state index in [2.05, 4.69) is 31.3 Å². The molecular weight excluding hydrogens is 743 g/mol. The molecule has 0 aromatic rings. The van der Waals surface area contributed by atoms with Crippen LogP contribution < -0.4 is 5.32 Å². The summed E-state index contributed by atoms with van der Waals surface area (Å²) in [5, 5.41) is 23.0. The van der Waals surface area contributed by atoms with E-state index in [9.17, 15) is 19.8 Å². The van der Waals surface area contributed by atoms with Crippen molar-refractivity contribution < 1.29 is 24.5 Å². The van der Waals surface area contributed by atoms with Crippen molar-refractivity contribution in [2.45, 2.75) is 296 Å². The molecule has 2 atom stereocenters. The summed E-state index contributed by atoms with van der Waals surface area (Å²) in [6.45, 7) is 4.82. The van der Waals surface area contributed by atoms with E-state index in [0.29, 0.717) is 19.4 Å². The molecule has 6 nitrogen and oxygen atoms in total. The van der Waals surface area contributed by atoms with Crippen molar-refractivity contribution in [2.24, 2.45) is 0 Å². The van der Waals surface area contributed by atoms with Crippen LogP contribution in [0.3, 0.4) is 0 Å². The van der Waals surface area contributed by atoms with Crippen LogP contribution in [0.4, 0.5) is 0 Å². The first-order valence-electron chi connectivity index (χ1n) is 26.6. The van der Waals surface area contributed by atoms with Gasteiger partial charge in [-0.25, -0.2) is 0 Å². The van der Waals surface area contributed by atoms with Gasteiger partial charge in [0.2, 0.25) is 5.91 Å². The second-order valence-corrected chi connectivity index (χ2v) is 18.2. The molecule has 60 heavy (non-hydrogen) atoms. The average Bonchev–Trinajstić information content (AvgIpc) is 3.25. The van der Waals surface area contributed by atoms with Crippen LogP contribution in [0.25, 0.3) is 0 Å². The van der Waals surface area contributed by atoms with E-state index in [4.69, 9.17) is 4.74 Å². The van der Waals surface area contributed by atoms with Gasteiger partial charge in [0.15, 0.2) is 0 Å². The van der Waals surface area contributed by atoms with Crippen molar-refractivity contribution >= 4 is 11.9 Å². The first kappa shape index (κ1) is 58.3. The van der Waals surface area contributed by atoms with Crippen LogP contribution in [0, 0.1) is 0 Å². The summed E-state index contributed by atoms with van der Waals surface area (Å²) >= 11 is 0. The van der Waals surface area contributed by atoms with E-state index >= 15 is 0 Å². The lowest BCUT2D eigenvalue weighted by atomic mass is 10.0. The first-order chi connectivity index (χ1) is 29.5. The smallest absolute Gasteiger partial charge is 0.305 e. The lowest BCUT2D eigenvalue weighted by Gasteiger charge is -2.20. The maximum atomic E-state index is 12.4. The Balaban J connectivity index is 3.52. The topological polar surface area (TPSA) is 95.9 Å². The zero-order chi connectivity index (χ0) is 43.7. The Morgan fingerprint density at radius 3 is 1.18 bits per heavy atom. The van der Waals surface area contributed by atoms with Crippen molar-refractivity contribution in [2.75, 3.05) is 13.2 Å². The number of carbonyl (C=O) groups is 2. The molecule has 0 rings (SSSR count). The number of amides is 1. The van der Waals surface area contributed by atoms with Crippen molar-refractivity contribution in [3.8, 4) is 0 Å². The highest BCUT2D eigenvalue weighted by molar-refractivity contribution is 5.76. The van der Waals surface area contributed by atoms with E-state index in [-0.39, 0.29) is 18.5 Å². The molecule has 0 saturated carbocycles. The molecule has 0 bridgehead atoms. The molecule has 0 saturated heterocycles. The summed E-state index contributed by atoms with van der Waals surface area (Å²) in [4.78, 5) is 24.5. The summed E-state index contributed by atoms with van der Waals surface area (Å²) in [5.74, 6) is -0.137. The first-order valence-corrected chi connectivity index (χ1v) is 26.6. The quantitative estimate of drug-likeness (QED) is 0.0322. The fraction of sp³-hybridized carbons (Fsp3) is 0.889. The van der Waals surface area contributed by atoms with Gasteiger partial charge in [0.05, 0.1) is 25.4 Å². The van der Waals surface area contributed by atoms with Crippen molar-refractivity contribution in [3.05, 3.63) is 24.3 Å². The molecule has 2 unspecified atom stereocenters. The number of nitrogens with one attached hydrogen (secondary N) is 1. The highest BCUT2D eigenvalue weighted by Gasteiger charge is 2.18. The number of rotatable bonds is 49. The van der Waals surface area contributed by atoms with Crippen molar-refractivity contribution in [1.82, 2.24) is 5.32 Å².